The van der Waals surface area contributed by atoms with E-state index in [2.05, 4.69) is 20.4 Å². The van der Waals surface area contributed by atoms with E-state index >= 15 is 0 Å². The predicted molar refractivity (Wildman–Crippen MR) is 130 cm³/mol. The third-order valence-corrected chi connectivity index (χ3v) is 5.27. The Kier molecular flexibility index (Phi) is 5.96. The number of aromatic nitrogens is 4. The van der Waals surface area contributed by atoms with Gasteiger partial charge in [0.15, 0.2) is 5.76 Å². The number of nitrogens with one attached hydrogen (secondary N) is 2. The molecule has 9 heteroatoms. The Morgan fingerprint density at radius 1 is 1.03 bits per heavy atom. The van der Waals surface area contributed by atoms with Gasteiger partial charge in [-0.3, -0.25) is 14.6 Å². The molecule has 0 bridgehead atoms. The third kappa shape index (κ3) is 4.88. The average molecular weight is 467 g/mol. The first kappa shape index (κ1) is 21.9. The summed E-state index contributed by atoms with van der Waals surface area (Å²) >= 11 is 0. The van der Waals surface area contributed by atoms with Crippen LogP contribution in [0.25, 0.3) is 28.7 Å². The molecule has 2 N–H and O–H groups in total. The van der Waals surface area contributed by atoms with Crippen molar-refractivity contribution in [3.63, 3.8) is 0 Å². The van der Waals surface area contributed by atoms with Crippen molar-refractivity contribution in [2.24, 2.45) is 0 Å². The Morgan fingerprint density at radius 3 is 2.54 bits per heavy atom. The number of hydrogen-bond donors (Lipinski definition) is 2. The zero-order valence-corrected chi connectivity index (χ0v) is 18.8. The fourth-order valence-electron chi connectivity index (χ4n) is 3.59. The van der Waals surface area contributed by atoms with Gasteiger partial charge in [0.25, 0.3) is 5.56 Å². The molecule has 0 fully saturated rings. The van der Waals surface area contributed by atoms with E-state index in [1.54, 1.807) is 37.4 Å². The van der Waals surface area contributed by atoms with Gasteiger partial charge in [0, 0.05) is 17.7 Å². The normalized spacial score (nSPS) is 10.8. The van der Waals surface area contributed by atoms with Gasteiger partial charge in [0.2, 0.25) is 11.9 Å². The van der Waals surface area contributed by atoms with Gasteiger partial charge in [-0.1, -0.05) is 42.5 Å². The molecule has 0 unspecified atom stereocenters. The van der Waals surface area contributed by atoms with Crippen LogP contribution < -0.4 is 15.6 Å². The zero-order chi connectivity index (χ0) is 24.2. The van der Waals surface area contributed by atoms with Crippen molar-refractivity contribution in [1.82, 2.24) is 19.7 Å². The van der Waals surface area contributed by atoms with Crippen LogP contribution in [0.2, 0.25) is 0 Å². The first-order valence-electron chi connectivity index (χ1n) is 10.8. The fourth-order valence-corrected chi connectivity index (χ4v) is 3.59. The number of methoxy groups -OCH3 is 1. The van der Waals surface area contributed by atoms with Crippen LogP contribution in [-0.2, 0) is 11.2 Å². The standard InChI is InChI=1S/C26H21N5O4/c1-34-19-11-9-17(10-12-19)14-24(32)28-23-15-21(22-8-5-13-35-22)30-31(23)26-27-20(16-25(33)29-26)18-6-3-2-4-7-18/h2-13,15-16H,14H2,1H3,(H,28,32)(H,27,29,33). The summed E-state index contributed by atoms with van der Waals surface area (Å²) in [5, 5.41) is 7.41. The van der Waals surface area contributed by atoms with Gasteiger partial charge in [-0.05, 0) is 29.8 Å². The summed E-state index contributed by atoms with van der Waals surface area (Å²) in [4.78, 5) is 32.6. The van der Waals surface area contributed by atoms with Gasteiger partial charge < -0.3 is 14.5 Å². The maximum atomic E-state index is 12.9. The number of anilines is 1. The van der Waals surface area contributed by atoms with Crippen LogP contribution >= 0.6 is 0 Å². The zero-order valence-electron chi connectivity index (χ0n) is 18.8. The Bertz CT molecular complexity index is 1500. The maximum absolute atomic E-state index is 12.9. The number of ether oxygens (including phenoxy) is 1. The van der Waals surface area contributed by atoms with Crippen molar-refractivity contribution in [2.75, 3.05) is 12.4 Å². The average Bonchev–Trinajstić information content (AvgIpc) is 3.55. The van der Waals surface area contributed by atoms with Crippen molar-refractivity contribution >= 4 is 11.7 Å². The van der Waals surface area contributed by atoms with Crippen LogP contribution in [0.15, 0.2) is 94.3 Å². The smallest absolute Gasteiger partial charge is 0.252 e. The van der Waals surface area contributed by atoms with Gasteiger partial charge >= 0.3 is 0 Å². The summed E-state index contributed by atoms with van der Waals surface area (Å²) in [5.41, 5.74) is 2.21. The molecule has 0 spiro atoms. The number of amides is 1. The molecule has 0 saturated carbocycles. The number of furan rings is 1. The highest BCUT2D eigenvalue weighted by Crippen LogP contribution is 2.25. The topological polar surface area (TPSA) is 115 Å². The minimum absolute atomic E-state index is 0.138. The van der Waals surface area contributed by atoms with E-state index < -0.39 is 0 Å². The molecule has 9 nitrogen and oxygen atoms in total. The van der Waals surface area contributed by atoms with E-state index in [0.29, 0.717) is 28.7 Å². The monoisotopic (exact) mass is 467 g/mol. The number of rotatable bonds is 7. The van der Waals surface area contributed by atoms with E-state index in [0.717, 1.165) is 11.1 Å². The lowest BCUT2D eigenvalue weighted by Gasteiger charge is -2.09. The van der Waals surface area contributed by atoms with Crippen molar-refractivity contribution in [2.45, 2.75) is 6.42 Å². The van der Waals surface area contributed by atoms with Crippen LogP contribution in [0.3, 0.4) is 0 Å². The number of nitrogens with zero attached hydrogens (tertiary/aromatic N) is 3. The highest BCUT2D eigenvalue weighted by molar-refractivity contribution is 5.92. The molecule has 2 aromatic carbocycles. The molecule has 1 amide bonds. The van der Waals surface area contributed by atoms with Crippen LogP contribution in [0, 0.1) is 0 Å². The van der Waals surface area contributed by atoms with E-state index in [1.807, 2.05) is 42.5 Å². The molecule has 0 aliphatic rings. The summed E-state index contributed by atoms with van der Waals surface area (Å²) < 4.78 is 12.0. The van der Waals surface area contributed by atoms with Crippen molar-refractivity contribution in [3.05, 3.63) is 101 Å². The van der Waals surface area contributed by atoms with Gasteiger partial charge in [-0.2, -0.15) is 9.78 Å². The summed E-state index contributed by atoms with van der Waals surface area (Å²) in [6.07, 6.45) is 1.67. The third-order valence-electron chi connectivity index (χ3n) is 5.27. The second kappa shape index (κ2) is 9.52. The summed E-state index contributed by atoms with van der Waals surface area (Å²) in [6.45, 7) is 0. The molecule has 0 radical (unpaired) electrons. The molecule has 174 valence electrons. The molecule has 3 heterocycles. The van der Waals surface area contributed by atoms with Gasteiger partial charge in [0.05, 0.1) is 25.5 Å². The molecule has 35 heavy (non-hydrogen) atoms. The Hall–Kier alpha value is -4.92. The quantitative estimate of drug-likeness (QED) is 0.373. The van der Waals surface area contributed by atoms with Gasteiger partial charge in [0.1, 0.15) is 17.3 Å². The fraction of sp³-hybridized carbons (Fsp3) is 0.0769. The lowest BCUT2D eigenvalue weighted by Crippen LogP contribution is -2.19. The number of hydrogen-bond acceptors (Lipinski definition) is 6. The van der Waals surface area contributed by atoms with E-state index in [-0.39, 0.29) is 23.8 Å². The largest absolute Gasteiger partial charge is 0.497 e. The number of carbonyl (C=O) groups is 1. The van der Waals surface area contributed by atoms with E-state index in [1.165, 1.54) is 17.0 Å². The maximum Gasteiger partial charge on any atom is 0.252 e. The second-order valence-electron chi connectivity index (χ2n) is 7.70. The van der Waals surface area contributed by atoms with Crippen molar-refractivity contribution in [3.8, 4) is 34.4 Å². The molecule has 0 aliphatic heterocycles. The molecule has 3 aromatic heterocycles. The van der Waals surface area contributed by atoms with Gasteiger partial charge in [-0.25, -0.2) is 4.98 Å². The summed E-state index contributed by atoms with van der Waals surface area (Å²) in [5.74, 6) is 1.46. The first-order valence-corrected chi connectivity index (χ1v) is 10.8. The Balaban J connectivity index is 1.50. The van der Waals surface area contributed by atoms with Crippen LogP contribution in [0.4, 0.5) is 5.82 Å². The van der Waals surface area contributed by atoms with Crippen LogP contribution in [0.5, 0.6) is 5.75 Å². The van der Waals surface area contributed by atoms with Crippen LogP contribution in [-0.4, -0.2) is 32.8 Å². The van der Waals surface area contributed by atoms with Gasteiger partial charge in [-0.15, -0.1) is 0 Å². The molecular weight excluding hydrogens is 446 g/mol. The number of benzene rings is 2. The lowest BCUT2D eigenvalue weighted by atomic mass is 10.1. The van der Waals surface area contributed by atoms with E-state index in [4.69, 9.17) is 9.15 Å². The van der Waals surface area contributed by atoms with Crippen molar-refractivity contribution < 1.29 is 13.9 Å². The number of aromatic amines is 1. The minimum atomic E-state index is -0.348. The molecule has 0 atom stereocenters. The van der Waals surface area contributed by atoms with Crippen molar-refractivity contribution in [1.29, 1.82) is 0 Å². The Morgan fingerprint density at radius 2 is 1.83 bits per heavy atom. The number of H-pyrrole nitrogens is 1. The summed E-state index contributed by atoms with van der Waals surface area (Å²) in [7, 11) is 1.59. The molecule has 5 rings (SSSR count). The van der Waals surface area contributed by atoms with E-state index in [9.17, 15) is 9.59 Å². The Labute approximate surface area is 200 Å². The molecular formula is C26H21N5O4. The van der Waals surface area contributed by atoms with Crippen LogP contribution in [0.1, 0.15) is 5.56 Å². The molecule has 5 aromatic rings. The SMILES string of the molecule is COc1ccc(CC(=O)Nc2cc(-c3ccco3)nn2-c2nc(-c3ccccc3)cc(=O)[nH]2)cc1. The number of carbonyl (C=O) groups excluding carboxylic acids is 1. The first-order chi connectivity index (χ1) is 17.1. The summed E-state index contributed by atoms with van der Waals surface area (Å²) in [6, 6.07) is 23.2. The predicted octanol–water partition coefficient (Wildman–Crippen LogP) is 4.07. The molecule has 0 aliphatic carbocycles. The highest BCUT2D eigenvalue weighted by atomic mass is 16.5. The minimum Gasteiger partial charge on any atom is -0.497 e. The second-order valence-corrected chi connectivity index (χ2v) is 7.70. The molecule has 0 saturated heterocycles. The lowest BCUT2D eigenvalue weighted by molar-refractivity contribution is -0.115. The highest BCUT2D eigenvalue weighted by Gasteiger charge is 2.18.